The molecule has 0 saturated heterocycles. The number of hydrogen-bond donors (Lipinski definition) is 1. The monoisotopic (exact) mass is 369 g/mol. The van der Waals surface area contributed by atoms with Crippen LogP contribution in [0.2, 0.25) is 0 Å². The molecule has 0 aliphatic carbocycles. The van der Waals surface area contributed by atoms with E-state index in [9.17, 15) is 14.7 Å². The molecule has 0 aliphatic heterocycles. The molecule has 26 heavy (non-hydrogen) atoms. The minimum Gasteiger partial charge on any atom is -0.468 e. The zero-order valence-corrected chi connectivity index (χ0v) is 16.0. The minimum absolute atomic E-state index is 0.0913. The summed E-state index contributed by atoms with van der Waals surface area (Å²) in [5.41, 5.74) is -0.322. The van der Waals surface area contributed by atoms with Gasteiger partial charge in [0.05, 0.1) is 7.11 Å². The molecule has 0 saturated carbocycles. The molecule has 0 spiro atoms. The first-order chi connectivity index (χ1) is 12.1. The van der Waals surface area contributed by atoms with Crippen molar-refractivity contribution in [3.63, 3.8) is 0 Å². The van der Waals surface area contributed by atoms with Crippen LogP contribution in [0.15, 0.2) is 24.3 Å². The van der Waals surface area contributed by atoms with Crippen LogP contribution >= 0.6 is 0 Å². The van der Waals surface area contributed by atoms with Gasteiger partial charge in [0.2, 0.25) is 0 Å². The Kier molecular flexibility index (Phi) is 7.85. The van der Waals surface area contributed by atoms with E-state index in [0.717, 1.165) is 4.90 Å². The van der Waals surface area contributed by atoms with Gasteiger partial charge >= 0.3 is 12.1 Å². The van der Waals surface area contributed by atoms with Crippen molar-refractivity contribution in [2.24, 2.45) is 0 Å². The summed E-state index contributed by atoms with van der Waals surface area (Å²) in [5.74, 6) is -0.219. The zero-order chi connectivity index (χ0) is 19.9. The average Bonchev–Trinajstić information content (AvgIpc) is 2.58. The molecule has 0 heterocycles. The third-order valence-corrected chi connectivity index (χ3v) is 3.41. The first-order valence-electron chi connectivity index (χ1n) is 8.04. The molecule has 1 aromatic rings. The van der Waals surface area contributed by atoms with Gasteiger partial charge < -0.3 is 24.1 Å². The third-order valence-electron chi connectivity index (χ3n) is 3.41. The van der Waals surface area contributed by atoms with Crippen LogP contribution in [0.3, 0.4) is 0 Å². The number of carbonyl (C=O) groups is 2. The van der Waals surface area contributed by atoms with Crippen molar-refractivity contribution in [3.05, 3.63) is 29.8 Å². The van der Waals surface area contributed by atoms with Gasteiger partial charge in [-0.3, -0.25) is 4.90 Å². The molecule has 8 heteroatoms. The minimum atomic E-state index is -1.31. The molecular weight excluding hydrogens is 342 g/mol. The number of carbonyl (C=O) groups excluding carboxylic acids is 2. The van der Waals surface area contributed by atoms with Gasteiger partial charge in [0, 0.05) is 14.2 Å². The predicted octanol–water partition coefficient (Wildman–Crippen LogP) is 2.11. The van der Waals surface area contributed by atoms with Gasteiger partial charge in [-0.05, 0) is 38.5 Å². The van der Waals surface area contributed by atoms with Crippen LogP contribution in [-0.2, 0) is 19.0 Å². The van der Waals surface area contributed by atoms with Crippen LogP contribution in [0.5, 0.6) is 5.75 Å². The SMILES string of the molecule is COCOc1ccc([C@@H](O)[C@H](C(=O)OC)N(C)C(=O)OC(C)(C)C)cc1. The van der Waals surface area contributed by atoms with Crippen molar-refractivity contribution in [2.45, 2.75) is 38.5 Å². The Hall–Kier alpha value is -2.32. The number of nitrogens with zero attached hydrogens (tertiary/aromatic N) is 1. The topological polar surface area (TPSA) is 94.5 Å². The van der Waals surface area contributed by atoms with E-state index in [-0.39, 0.29) is 6.79 Å². The molecule has 0 radical (unpaired) electrons. The number of esters is 1. The highest BCUT2D eigenvalue weighted by Gasteiger charge is 2.37. The van der Waals surface area contributed by atoms with E-state index in [4.69, 9.17) is 18.9 Å². The maximum Gasteiger partial charge on any atom is 0.410 e. The van der Waals surface area contributed by atoms with E-state index in [1.54, 1.807) is 45.0 Å². The summed E-state index contributed by atoms with van der Waals surface area (Å²) in [6, 6.07) is 5.17. The second-order valence-electron chi connectivity index (χ2n) is 6.62. The Morgan fingerprint density at radius 2 is 1.73 bits per heavy atom. The summed E-state index contributed by atoms with van der Waals surface area (Å²) in [6.45, 7) is 5.22. The Labute approximate surface area is 153 Å². The smallest absolute Gasteiger partial charge is 0.410 e. The number of benzene rings is 1. The lowest BCUT2D eigenvalue weighted by Crippen LogP contribution is -2.48. The average molecular weight is 369 g/mol. The standard InChI is InChI=1S/C18H27NO7/c1-18(2,3)26-17(22)19(4)14(16(21)24-6)15(20)12-7-9-13(10-8-12)25-11-23-5/h7-10,14-15,20H,11H2,1-6H3/t14-,15-/m1/s1. The van der Waals surface area contributed by atoms with Gasteiger partial charge in [-0.1, -0.05) is 12.1 Å². The first kappa shape index (κ1) is 21.7. The largest absolute Gasteiger partial charge is 0.468 e. The number of amides is 1. The van der Waals surface area contributed by atoms with E-state index in [2.05, 4.69) is 0 Å². The van der Waals surface area contributed by atoms with Crippen LogP contribution in [0, 0.1) is 0 Å². The predicted molar refractivity (Wildman–Crippen MR) is 93.7 cm³/mol. The number of hydrogen-bond acceptors (Lipinski definition) is 7. The summed E-state index contributed by atoms with van der Waals surface area (Å²) < 4.78 is 20.1. The fourth-order valence-electron chi connectivity index (χ4n) is 2.14. The van der Waals surface area contributed by atoms with Gasteiger partial charge in [-0.15, -0.1) is 0 Å². The van der Waals surface area contributed by atoms with E-state index >= 15 is 0 Å². The fraction of sp³-hybridized carbons (Fsp3) is 0.556. The van der Waals surface area contributed by atoms with Crippen LogP contribution in [0.25, 0.3) is 0 Å². The molecule has 1 amide bonds. The van der Waals surface area contributed by atoms with E-state index in [1.165, 1.54) is 21.3 Å². The lowest BCUT2D eigenvalue weighted by Gasteiger charge is -2.31. The highest BCUT2D eigenvalue weighted by Crippen LogP contribution is 2.25. The Balaban J connectivity index is 3.01. The van der Waals surface area contributed by atoms with Crippen LogP contribution in [0.4, 0.5) is 4.79 Å². The lowest BCUT2D eigenvalue weighted by atomic mass is 10.0. The first-order valence-corrected chi connectivity index (χ1v) is 8.04. The highest BCUT2D eigenvalue weighted by molar-refractivity contribution is 5.82. The maximum absolute atomic E-state index is 12.3. The number of ether oxygens (including phenoxy) is 4. The molecular formula is C18H27NO7. The van der Waals surface area contributed by atoms with Gasteiger partial charge in [0.15, 0.2) is 12.8 Å². The quantitative estimate of drug-likeness (QED) is 0.581. The number of likely N-dealkylation sites (N-methyl/N-ethyl adjacent to an activating group) is 1. The lowest BCUT2D eigenvalue weighted by molar-refractivity contribution is -0.150. The van der Waals surface area contributed by atoms with Crippen molar-refractivity contribution in [1.82, 2.24) is 4.90 Å². The van der Waals surface area contributed by atoms with E-state index < -0.39 is 29.8 Å². The second kappa shape index (κ2) is 9.40. The van der Waals surface area contributed by atoms with Gasteiger partial charge in [-0.2, -0.15) is 0 Å². The molecule has 2 atom stereocenters. The fourth-order valence-corrected chi connectivity index (χ4v) is 2.14. The van der Waals surface area contributed by atoms with Gasteiger partial charge in [-0.25, -0.2) is 9.59 Å². The van der Waals surface area contributed by atoms with Crippen molar-refractivity contribution >= 4 is 12.1 Å². The summed E-state index contributed by atoms with van der Waals surface area (Å²) in [5, 5.41) is 10.7. The highest BCUT2D eigenvalue weighted by atomic mass is 16.7. The molecule has 8 nitrogen and oxygen atoms in total. The van der Waals surface area contributed by atoms with Gasteiger partial charge in [0.1, 0.15) is 17.5 Å². The molecule has 146 valence electrons. The summed E-state index contributed by atoms with van der Waals surface area (Å²) in [4.78, 5) is 25.5. The number of aliphatic hydroxyl groups is 1. The third kappa shape index (κ3) is 6.20. The van der Waals surface area contributed by atoms with Crippen molar-refractivity contribution < 1.29 is 33.6 Å². The molecule has 1 N–H and O–H groups in total. The second-order valence-corrected chi connectivity index (χ2v) is 6.62. The summed E-state index contributed by atoms with van der Waals surface area (Å²) in [7, 11) is 4.06. The van der Waals surface area contributed by atoms with Crippen LogP contribution < -0.4 is 4.74 Å². The summed E-state index contributed by atoms with van der Waals surface area (Å²) >= 11 is 0. The molecule has 0 aromatic heterocycles. The Morgan fingerprint density at radius 3 is 2.19 bits per heavy atom. The van der Waals surface area contributed by atoms with Crippen LogP contribution in [-0.4, -0.2) is 61.8 Å². The number of aliphatic hydroxyl groups excluding tert-OH is 1. The Bertz CT molecular complexity index is 595. The summed E-state index contributed by atoms with van der Waals surface area (Å²) in [6.07, 6.45) is -2.05. The molecule has 1 rings (SSSR count). The van der Waals surface area contributed by atoms with Crippen LogP contribution in [0.1, 0.15) is 32.4 Å². The molecule has 0 fully saturated rings. The molecule has 0 unspecified atom stereocenters. The van der Waals surface area contributed by atoms with Crippen molar-refractivity contribution in [2.75, 3.05) is 28.1 Å². The van der Waals surface area contributed by atoms with Crippen molar-refractivity contribution in [1.29, 1.82) is 0 Å². The Morgan fingerprint density at radius 1 is 1.15 bits per heavy atom. The maximum atomic E-state index is 12.3. The number of methoxy groups -OCH3 is 2. The van der Waals surface area contributed by atoms with Crippen molar-refractivity contribution in [3.8, 4) is 5.75 Å². The normalized spacial score (nSPS) is 13.5. The molecule has 0 bridgehead atoms. The zero-order valence-electron chi connectivity index (χ0n) is 16.0. The van der Waals surface area contributed by atoms with E-state index in [0.29, 0.717) is 11.3 Å². The molecule has 0 aliphatic rings. The molecule has 1 aromatic carbocycles. The van der Waals surface area contributed by atoms with Gasteiger partial charge in [0.25, 0.3) is 0 Å². The number of rotatable bonds is 7. The van der Waals surface area contributed by atoms with E-state index in [1.807, 2.05) is 0 Å².